The molecule has 0 radical (unpaired) electrons. The summed E-state index contributed by atoms with van der Waals surface area (Å²) >= 11 is 0. The molecule has 0 saturated carbocycles. The molecule has 1 aliphatic heterocycles. The summed E-state index contributed by atoms with van der Waals surface area (Å²) in [6.45, 7) is 1.01. The van der Waals surface area contributed by atoms with E-state index in [0.29, 0.717) is 19.0 Å². The van der Waals surface area contributed by atoms with E-state index in [0.717, 1.165) is 12.1 Å². The van der Waals surface area contributed by atoms with Gasteiger partial charge in [-0.3, -0.25) is 9.79 Å². The quantitative estimate of drug-likeness (QED) is 0.737. The molecule has 1 aliphatic rings. The molecule has 5 heteroatoms. The van der Waals surface area contributed by atoms with Crippen molar-refractivity contribution in [1.82, 2.24) is 0 Å². The van der Waals surface area contributed by atoms with E-state index in [1.54, 1.807) is 0 Å². The first-order chi connectivity index (χ1) is 7.66. The van der Waals surface area contributed by atoms with Crippen molar-refractivity contribution in [3.63, 3.8) is 0 Å². The molecule has 16 heavy (non-hydrogen) atoms. The van der Waals surface area contributed by atoms with Gasteiger partial charge in [-0.05, 0) is 18.2 Å². The van der Waals surface area contributed by atoms with E-state index in [4.69, 9.17) is 4.74 Å². The largest absolute Gasteiger partial charge is 0.479 e. The van der Waals surface area contributed by atoms with E-state index in [2.05, 4.69) is 4.99 Å². The normalized spacial score (nSPS) is 14.5. The van der Waals surface area contributed by atoms with E-state index in [1.807, 2.05) is 0 Å². The molecule has 0 N–H and O–H groups in total. The van der Waals surface area contributed by atoms with Crippen LogP contribution in [-0.2, 0) is 4.74 Å². The van der Waals surface area contributed by atoms with E-state index in [-0.39, 0.29) is 17.8 Å². The van der Waals surface area contributed by atoms with Crippen LogP contribution in [0.4, 0.5) is 8.78 Å². The van der Waals surface area contributed by atoms with Gasteiger partial charge in [-0.25, -0.2) is 8.78 Å². The summed E-state index contributed by atoms with van der Waals surface area (Å²) in [5.74, 6) is -1.97. The van der Waals surface area contributed by atoms with Gasteiger partial charge in [0, 0.05) is 5.56 Å². The van der Waals surface area contributed by atoms with E-state index in [1.165, 1.54) is 6.07 Å². The van der Waals surface area contributed by atoms with Crippen LogP contribution in [0.3, 0.4) is 0 Å². The minimum Gasteiger partial charge on any atom is -0.479 e. The zero-order chi connectivity index (χ0) is 11.5. The lowest BCUT2D eigenvalue weighted by Crippen LogP contribution is -2.09. The zero-order valence-electron chi connectivity index (χ0n) is 8.37. The molecular formula is C11H9F2NO2. The van der Waals surface area contributed by atoms with E-state index >= 15 is 0 Å². The van der Waals surface area contributed by atoms with Gasteiger partial charge in [0.05, 0.1) is 13.0 Å². The first-order valence-corrected chi connectivity index (χ1v) is 4.81. The van der Waals surface area contributed by atoms with Crippen LogP contribution < -0.4 is 0 Å². The lowest BCUT2D eigenvalue weighted by atomic mass is 10.1. The maximum atomic E-state index is 12.9. The van der Waals surface area contributed by atoms with Crippen molar-refractivity contribution >= 4 is 11.7 Å². The molecule has 3 nitrogen and oxygen atoms in total. The Labute approximate surface area is 90.8 Å². The van der Waals surface area contributed by atoms with Gasteiger partial charge >= 0.3 is 0 Å². The molecule has 1 aromatic carbocycles. The summed E-state index contributed by atoms with van der Waals surface area (Å²) in [5.41, 5.74) is 0.122. The van der Waals surface area contributed by atoms with Crippen molar-refractivity contribution < 1.29 is 18.3 Å². The molecule has 0 saturated heterocycles. The van der Waals surface area contributed by atoms with Gasteiger partial charge in [0.15, 0.2) is 23.3 Å². The summed E-state index contributed by atoms with van der Waals surface area (Å²) in [6.07, 6.45) is -0.00886. The summed E-state index contributed by atoms with van der Waals surface area (Å²) in [5, 5.41) is 0. The minimum atomic E-state index is -1.03. The van der Waals surface area contributed by atoms with Gasteiger partial charge in [-0.15, -0.1) is 0 Å². The molecule has 0 fully saturated rings. The zero-order valence-corrected chi connectivity index (χ0v) is 8.37. The summed E-state index contributed by atoms with van der Waals surface area (Å²) < 4.78 is 30.6. The predicted octanol–water partition coefficient (Wildman–Crippen LogP) is 1.97. The molecule has 84 valence electrons. The fourth-order valence-electron chi connectivity index (χ4n) is 1.40. The second-order valence-corrected chi connectivity index (χ2v) is 3.35. The Morgan fingerprint density at radius 1 is 1.38 bits per heavy atom. The average molecular weight is 225 g/mol. The van der Waals surface area contributed by atoms with Crippen LogP contribution in [0.15, 0.2) is 23.2 Å². The number of ketones is 1. The third-order valence-electron chi connectivity index (χ3n) is 2.20. The molecule has 0 unspecified atom stereocenters. The lowest BCUT2D eigenvalue weighted by molar-refractivity contribution is 0.0994. The highest BCUT2D eigenvalue weighted by atomic mass is 19.2. The van der Waals surface area contributed by atoms with Crippen molar-refractivity contribution in [3.05, 3.63) is 35.4 Å². The van der Waals surface area contributed by atoms with Crippen molar-refractivity contribution in [1.29, 1.82) is 0 Å². The molecule has 0 spiro atoms. The Bertz CT molecular complexity index is 457. The number of benzene rings is 1. The third kappa shape index (κ3) is 2.24. The van der Waals surface area contributed by atoms with Crippen LogP contribution in [0.25, 0.3) is 0 Å². The first-order valence-electron chi connectivity index (χ1n) is 4.81. The van der Waals surface area contributed by atoms with E-state index < -0.39 is 11.6 Å². The molecular weight excluding hydrogens is 216 g/mol. The van der Waals surface area contributed by atoms with Gasteiger partial charge in [0.25, 0.3) is 0 Å². The van der Waals surface area contributed by atoms with Crippen LogP contribution in [-0.4, -0.2) is 24.8 Å². The van der Waals surface area contributed by atoms with Gasteiger partial charge in [-0.1, -0.05) is 0 Å². The standard InChI is InChI=1S/C11H9F2NO2/c12-8-2-1-7(5-9(8)13)10(15)6-11-14-3-4-16-11/h1-2,5H,3-4,6H2. The maximum absolute atomic E-state index is 12.9. The Morgan fingerprint density at radius 2 is 2.19 bits per heavy atom. The smallest absolute Gasteiger partial charge is 0.191 e. The molecule has 0 aromatic heterocycles. The number of nitrogens with zero attached hydrogens (tertiary/aromatic N) is 1. The maximum Gasteiger partial charge on any atom is 0.191 e. The SMILES string of the molecule is O=C(CC1=NCCO1)c1ccc(F)c(F)c1. The number of Topliss-reactive ketones (excluding diaryl/α,β-unsaturated/α-hetero) is 1. The van der Waals surface area contributed by atoms with Crippen LogP contribution in [0.2, 0.25) is 0 Å². The van der Waals surface area contributed by atoms with Gasteiger partial charge in [-0.2, -0.15) is 0 Å². The number of rotatable bonds is 3. The highest BCUT2D eigenvalue weighted by Gasteiger charge is 2.15. The molecule has 1 aromatic rings. The summed E-state index contributed by atoms with van der Waals surface area (Å²) in [4.78, 5) is 15.6. The highest BCUT2D eigenvalue weighted by molar-refractivity contribution is 6.07. The lowest BCUT2D eigenvalue weighted by Gasteiger charge is -2.02. The molecule has 0 atom stereocenters. The minimum absolute atomic E-state index is 0.00886. The second kappa shape index (κ2) is 4.38. The Hall–Kier alpha value is -1.78. The van der Waals surface area contributed by atoms with E-state index in [9.17, 15) is 13.6 Å². The summed E-state index contributed by atoms with van der Waals surface area (Å²) in [7, 11) is 0. The topological polar surface area (TPSA) is 38.7 Å². The number of carbonyl (C=O) groups is 1. The molecule has 0 amide bonds. The van der Waals surface area contributed by atoms with Gasteiger partial charge in [0.1, 0.15) is 6.61 Å². The molecule has 0 bridgehead atoms. The number of ether oxygens (including phenoxy) is 1. The van der Waals surface area contributed by atoms with Crippen LogP contribution in [0, 0.1) is 11.6 Å². The monoisotopic (exact) mass is 225 g/mol. The fraction of sp³-hybridized carbons (Fsp3) is 0.273. The first kappa shape index (κ1) is 10.7. The van der Waals surface area contributed by atoms with Gasteiger partial charge in [0.2, 0.25) is 0 Å². The number of halogens is 2. The summed E-state index contributed by atoms with van der Waals surface area (Å²) in [6, 6.07) is 3.06. The van der Waals surface area contributed by atoms with Crippen molar-refractivity contribution in [2.45, 2.75) is 6.42 Å². The number of hydrogen-bond acceptors (Lipinski definition) is 3. The number of carbonyl (C=O) groups excluding carboxylic acids is 1. The highest BCUT2D eigenvalue weighted by Crippen LogP contribution is 2.12. The third-order valence-corrected chi connectivity index (χ3v) is 2.20. The van der Waals surface area contributed by atoms with Crippen LogP contribution in [0.5, 0.6) is 0 Å². The van der Waals surface area contributed by atoms with Crippen molar-refractivity contribution in [3.8, 4) is 0 Å². The molecule has 1 heterocycles. The molecule has 2 rings (SSSR count). The van der Waals surface area contributed by atoms with Gasteiger partial charge < -0.3 is 4.74 Å². The van der Waals surface area contributed by atoms with Crippen LogP contribution in [0.1, 0.15) is 16.8 Å². The van der Waals surface area contributed by atoms with Crippen molar-refractivity contribution in [2.24, 2.45) is 4.99 Å². The van der Waals surface area contributed by atoms with Crippen LogP contribution >= 0.6 is 0 Å². The Morgan fingerprint density at radius 3 is 2.81 bits per heavy atom. The Kier molecular flexibility index (Phi) is 2.94. The predicted molar refractivity (Wildman–Crippen MR) is 53.6 cm³/mol. The average Bonchev–Trinajstić information content (AvgIpc) is 2.74. The fourth-order valence-corrected chi connectivity index (χ4v) is 1.40. The number of aliphatic imine (C=N–C) groups is 1. The van der Waals surface area contributed by atoms with Crippen molar-refractivity contribution in [2.75, 3.05) is 13.2 Å². The molecule has 0 aliphatic carbocycles. The second-order valence-electron chi connectivity index (χ2n) is 3.35. The Balaban J connectivity index is 2.11. The number of hydrogen-bond donors (Lipinski definition) is 0.